The molecule has 1 aliphatic heterocycles. The minimum absolute atomic E-state index is 0.0110. The normalized spacial score (nSPS) is 22.4. The number of hydrogen-bond donors (Lipinski definition) is 0. The number of methoxy groups -OCH3 is 1. The Morgan fingerprint density at radius 1 is 1.17 bits per heavy atom. The number of rotatable bonds is 6. The number of esters is 2. The third-order valence-corrected chi connectivity index (χ3v) is 9.70. The molecule has 212 valence electrons. The number of aromatic nitrogens is 2. The van der Waals surface area contributed by atoms with Crippen LogP contribution >= 0.6 is 34.5 Å². The number of carbonyl (C=O) groups excluding carboxylic acids is 2. The maximum absolute atomic E-state index is 15.2. The first-order chi connectivity index (χ1) is 19.7. The van der Waals surface area contributed by atoms with Gasteiger partial charge in [0.1, 0.15) is 22.9 Å². The Bertz CT molecular complexity index is 1720. The number of thiazole rings is 1. The van der Waals surface area contributed by atoms with Crippen LogP contribution in [0.1, 0.15) is 52.2 Å². The molecule has 41 heavy (non-hydrogen) atoms. The molecule has 3 heterocycles. The topological polar surface area (TPSA) is 94.8 Å². The zero-order chi connectivity index (χ0) is 28.6. The van der Waals surface area contributed by atoms with Crippen molar-refractivity contribution in [1.82, 2.24) is 10.1 Å². The van der Waals surface area contributed by atoms with Gasteiger partial charge in [0.2, 0.25) is 0 Å². The number of benzene rings is 2. The van der Waals surface area contributed by atoms with Gasteiger partial charge in [-0.05, 0) is 43.5 Å². The van der Waals surface area contributed by atoms with Crippen LogP contribution in [0.2, 0.25) is 10.0 Å². The van der Waals surface area contributed by atoms with Crippen molar-refractivity contribution >= 4 is 61.8 Å². The van der Waals surface area contributed by atoms with Crippen LogP contribution in [-0.2, 0) is 15.1 Å². The van der Waals surface area contributed by atoms with Crippen molar-refractivity contribution in [3.05, 3.63) is 63.1 Å². The van der Waals surface area contributed by atoms with Gasteiger partial charge in [-0.1, -0.05) is 45.8 Å². The second-order valence-corrected chi connectivity index (χ2v) is 12.4. The van der Waals surface area contributed by atoms with Gasteiger partial charge in [0.15, 0.2) is 22.4 Å². The van der Waals surface area contributed by atoms with Crippen molar-refractivity contribution in [2.24, 2.45) is 5.92 Å². The summed E-state index contributed by atoms with van der Waals surface area (Å²) < 4.78 is 46.5. The Labute approximate surface area is 246 Å². The Balaban J connectivity index is 1.13. The first kappa shape index (κ1) is 26.6. The van der Waals surface area contributed by atoms with E-state index in [-0.39, 0.29) is 68.5 Å². The number of anilines is 1. The summed E-state index contributed by atoms with van der Waals surface area (Å²) in [7, 11) is 1.24. The number of ether oxygens (including phenoxy) is 2. The van der Waals surface area contributed by atoms with Gasteiger partial charge in [-0.2, -0.15) is 0 Å². The molecule has 0 spiro atoms. The summed E-state index contributed by atoms with van der Waals surface area (Å²) in [5.74, 6) is -2.13. The summed E-state index contributed by atoms with van der Waals surface area (Å²) in [4.78, 5) is 32.1. The van der Waals surface area contributed by atoms with E-state index in [0.717, 1.165) is 12.5 Å². The lowest BCUT2D eigenvalue weighted by Gasteiger charge is -2.31. The van der Waals surface area contributed by atoms with Crippen molar-refractivity contribution < 1.29 is 32.4 Å². The molecule has 3 fully saturated rings. The number of hydrogen-bond acceptors (Lipinski definition) is 9. The number of nitrogens with zero attached hydrogens (tertiary/aromatic N) is 3. The Morgan fingerprint density at radius 3 is 2.59 bits per heavy atom. The monoisotopic (exact) mass is 619 g/mol. The van der Waals surface area contributed by atoms with E-state index >= 15 is 4.39 Å². The molecule has 13 heteroatoms. The quantitative estimate of drug-likeness (QED) is 0.214. The number of carbonyl (C=O) groups is 2. The van der Waals surface area contributed by atoms with E-state index in [1.54, 1.807) is 24.3 Å². The average Bonchev–Trinajstić information content (AvgIpc) is 3.40. The number of alkyl halides is 1. The molecular weight excluding hydrogens is 599 g/mol. The van der Waals surface area contributed by atoms with Gasteiger partial charge in [-0.3, -0.25) is 0 Å². The van der Waals surface area contributed by atoms with Crippen LogP contribution in [0.5, 0.6) is 0 Å². The van der Waals surface area contributed by atoms with E-state index in [9.17, 15) is 14.0 Å². The highest BCUT2D eigenvalue weighted by atomic mass is 35.5. The lowest BCUT2D eigenvalue weighted by Crippen LogP contribution is -2.39. The Kier molecular flexibility index (Phi) is 6.26. The molecule has 2 saturated carbocycles. The molecule has 0 unspecified atom stereocenters. The molecule has 2 aromatic carbocycles. The molecule has 3 atom stereocenters. The SMILES string of the molecule is COC(=O)c1cc(F)c2nc(N3C[C@@H]4C[C@H]3C[C@H]4OC(=O)c3c(-c4c(Cl)cccc4Cl)noc3C3(F)CC3)sc2c1. The predicted octanol–water partition coefficient (Wildman–Crippen LogP) is 6.97. The molecule has 2 aromatic heterocycles. The van der Waals surface area contributed by atoms with Gasteiger partial charge in [0.25, 0.3) is 0 Å². The first-order valence-corrected chi connectivity index (χ1v) is 14.5. The van der Waals surface area contributed by atoms with Crippen LogP contribution in [0.3, 0.4) is 0 Å². The third kappa shape index (κ3) is 4.36. The van der Waals surface area contributed by atoms with Crippen molar-refractivity contribution in [2.75, 3.05) is 18.6 Å². The second kappa shape index (κ2) is 9.64. The first-order valence-electron chi connectivity index (χ1n) is 13.0. The van der Waals surface area contributed by atoms with E-state index < -0.39 is 29.5 Å². The standard InChI is InChI=1S/C28H21Cl2F2N3O5S/c1-38-25(36)12-8-17(31)22-19(9-12)41-27(33-22)35-11-13-7-14(35)10-18(13)39-26(37)21-23(20-15(29)3-2-4-16(20)30)34-40-24(21)28(32)5-6-28/h2-4,8-9,13-14,18H,5-7,10-11H2,1H3/t13-,14-,18+/m0/s1. The van der Waals surface area contributed by atoms with Gasteiger partial charge in [-0.25, -0.2) is 23.4 Å². The lowest BCUT2D eigenvalue weighted by molar-refractivity contribution is 0.0187. The van der Waals surface area contributed by atoms with Crippen molar-refractivity contribution in [1.29, 1.82) is 0 Å². The van der Waals surface area contributed by atoms with Crippen molar-refractivity contribution in [2.45, 2.75) is 43.5 Å². The third-order valence-electron chi connectivity index (χ3n) is 8.03. The molecule has 4 aromatic rings. The summed E-state index contributed by atoms with van der Waals surface area (Å²) in [5.41, 5.74) is -1.24. The highest BCUT2D eigenvalue weighted by Gasteiger charge is 2.53. The van der Waals surface area contributed by atoms with E-state index in [2.05, 4.69) is 15.0 Å². The van der Waals surface area contributed by atoms with E-state index in [1.165, 1.54) is 18.4 Å². The van der Waals surface area contributed by atoms with E-state index in [0.29, 0.717) is 22.8 Å². The lowest BCUT2D eigenvalue weighted by atomic mass is 10.0. The maximum Gasteiger partial charge on any atom is 0.344 e. The molecule has 3 aliphatic rings. The zero-order valence-corrected chi connectivity index (χ0v) is 23.8. The number of halogens is 4. The maximum atomic E-state index is 15.2. The molecular formula is C28H21Cl2F2N3O5S. The average molecular weight is 620 g/mol. The van der Waals surface area contributed by atoms with Crippen molar-refractivity contribution in [3.8, 4) is 11.3 Å². The van der Waals surface area contributed by atoms with Crippen LogP contribution in [0.15, 0.2) is 34.9 Å². The molecule has 0 N–H and O–H groups in total. The van der Waals surface area contributed by atoms with Gasteiger partial charge in [0.05, 0.1) is 27.4 Å². The molecule has 2 aliphatic carbocycles. The van der Waals surface area contributed by atoms with Gasteiger partial charge in [-0.15, -0.1) is 0 Å². The predicted molar refractivity (Wildman–Crippen MR) is 148 cm³/mol. The van der Waals surface area contributed by atoms with E-state index in [1.807, 2.05) is 0 Å². The zero-order valence-electron chi connectivity index (χ0n) is 21.5. The molecule has 7 rings (SSSR count). The summed E-state index contributed by atoms with van der Waals surface area (Å²) in [6, 6.07) is 7.56. The van der Waals surface area contributed by atoms with Gasteiger partial charge in [0, 0.05) is 30.5 Å². The van der Waals surface area contributed by atoms with E-state index in [4.69, 9.17) is 37.2 Å². The van der Waals surface area contributed by atoms with Crippen LogP contribution in [-0.4, -0.2) is 47.9 Å². The molecule has 0 amide bonds. The van der Waals surface area contributed by atoms with Crippen LogP contribution in [0.25, 0.3) is 21.5 Å². The summed E-state index contributed by atoms with van der Waals surface area (Å²) in [6.07, 6.45) is 1.27. The smallest absolute Gasteiger partial charge is 0.344 e. The summed E-state index contributed by atoms with van der Waals surface area (Å²) in [6.45, 7) is 0.542. The minimum atomic E-state index is -1.78. The van der Waals surface area contributed by atoms with Crippen LogP contribution in [0.4, 0.5) is 13.9 Å². The fourth-order valence-corrected chi connectivity index (χ4v) is 7.51. The number of piperidine rings is 1. The number of fused-ring (bicyclic) bond motifs is 3. The van der Waals surface area contributed by atoms with Crippen LogP contribution in [0, 0.1) is 11.7 Å². The fraction of sp³-hybridized carbons (Fsp3) is 0.357. The van der Waals surface area contributed by atoms with Crippen LogP contribution < -0.4 is 4.90 Å². The largest absolute Gasteiger partial charge is 0.465 e. The Morgan fingerprint density at radius 2 is 1.93 bits per heavy atom. The van der Waals surface area contributed by atoms with Gasteiger partial charge < -0.3 is 18.9 Å². The molecule has 0 radical (unpaired) electrons. The summed E-state index contributed by atoms with van der Waals surface area (Å²) in [5, 5.41) is 5.12. The highest BCUT2D eigenvalue weighted by molar-refractivity contribution is 7.22. The second-order valence-electron chi connectivity index (χ2n) is 10.6. The molecule has 8 nitrogen and oxygen atoms in total. The fourth-order valence-electron chi connectivity index (χ4n) is 5.83. The molecule has 2 bridgehead atoms. The van der Waals surface area contributed by atoms with Crippen molar-refractivity contribution in [3.63, 3.8) is 0 Å². The Hall–Kier alpha value is -3.28. The summed E-state index contributed by atoms with van der Waals surface area (Å²) >= 11 is 14.0. The molecule has 1 saturated heterocycles. The minimum Gasteiger partial charge on any atom is -0.465 e. The highest BCUT2D eigenvalue weighted by Crippen LogP contribution is 2.53. The van der Waals surface area contributed by atoms with Gasteiger partial charge >= 0.3 is 11.9 Å².